The zero-order chi connectivity index (χ0) is 20.1. The van der Waals surface area contributed by atoms with E-state index in [0.29, 0.717) is 0 Å². The first-order valence-corrected chi connectivity index (χ1v) is 10.6. The van der Waals surface area contributed by atoms with Gasteiger partial charge in [0.2, 0.25) is 0 Å². The van der Waals surface area contributed by atoms with Gasteiger partial charge in [0.15, 0.2) is 0 Å². The summed E-state index contributed by atoms with van der Waals surface area (Å²) < 4.78 is 6.18. The second kappa shape index (κ2) is 9.37. The minimum atomic E-state index is 0.105. The lowest BCUT2D eigenvalue weighted by Gasteiger charge is -2.34. The van der Waals surface area contributed by atoms with Crippen molar-refractivity contribution in [3.05, 3.63) is 59.9 Å². The van der Waals surface area contributed by atoms with Crippen LogP contribution in [0.5, 0.6) is 5.75 Å². The van der Waals surface area contributed by atoms with Crippen LogP contribution in [0.4, 0.5) is 0 Å². The fourth-order valence-electron chi connectivity index (χ4n) is 4.08. The summed E-state index contributed by atoms with van der Waals surface area (Å²) in [5, 5.41) is 3.32. The zero-order valence-electron chi connectivity index (χ0n) is 17.1. The Kier molecular flexibility index (Phi) is 6.42. The molecule has 6 nitrogen and oxygen atoms in total. The molecule has 2 fully saturated rings. The first-order valence-electron chi connectivity index (χ1n) is 10.6. The van der Waals surface area contributed by atoms with Crippen LogP contribution < -0.4 is 10.1 Å². The molecule has 0 saturated carbocycles. The van der Waals surface area contributed by atoms with Crippen molar-refractivity contribution in [2.24, 2.45) is 0 Å². The second-order valence-corrected chi connectivity index (χ2v) is 7.99. The van der Waals surface area contributed by atoms with Crippen molar-refractivity contribution >= 4 is 5.91 Å². The quantitative estimate of drug-likeness (QED) is 0.845. The summed E-state index contributed by atoms with van der Waals surface area (Å²) in [7, 11) is 0. The van der Waals surface area contributed by atoms with Crippen molar-refractivity contribution in [3.63, 3.8) is 0 Å². The van der Waals surface area contributed by atoms with Gasteiger partial charge < -0.3 is 15.0 Å². The van der Waals surface area contributed by atoms with E-state index in [2.05, 4.69) is 28.2 Å². The van der Waals surface area contributed by atoms with Crippen LogP contribution in [0, 0.1) is 0 Å². The number of amides is 1. The highest BCUT2D eigenvalue weighted by molar-refractivity contribution is 5.94. The Morgan fingerprint density at radius 3 is 2.62 bits per heavy atom. The number of carbonyl (C=O) groups is 1. The highest BCUT2D eigenvalue weighted by Gasteiger charge is 2.24. The zero-order valence-corrected chi connectivity index (χ0v) is 17.1. The number of likely N-dealkylation sites (tertiary alicyclic amines) is 1. The van der Waals surface area contributed by atoms with E-state index in [0.717, 1.165) is 69.1 Å². The normalized spacial score (nSPS) is 21.1. The number of piperidine rings is 1. The number of pyridine rings is 1. The molecule has 0 radical (unpaired) electrons. The Hall–Kier alpha value is -2.44. The first-order chi connectivity index (χ1) is 14.2. The molecule has 0 bridgehead atoms. The summed E-state index contributed by atoms with van der Waals surface area (Å²) in [5.74, 6) is 0.950. The Bertz CT molecular complexity index is 788. The van der Waals surface area contributed by atoms with Gasteiger partial charge in [0, 0.05) is 57.1 Å². The summed E-state index contributed by atoms with van der Waals surface area (Å²) in [4.78, 5) is 21.5. The van der Waals surface area contributed by atoms with Crippen molar-refractivity contribution < 1.29 is 9.53 Å². The number of rotatable bonds is 5. The average molecular weight is 395 g/mol. The van der Waals surface area contributed by atoms with Gasteiger partial charge in [-0.1, -0.05) is 6.07 Å². The van der Waals surface area contributed by atoms with Crippen LogP contribution in [0.25, 0.3) is 0 Å². The number of hydrogen-bond acceptors (Lipinski definition) is 5. The van der Waals surface area contributed by atoms with Gasteiger partial charge >= 0.3 is 0 Å². The van der Waals surface area contributed by atoms with Crippen LogP contribution in [0.1, 0.15) is 35.8 Å². The first kappa shape index (κ1) is 19.9. The SMILES string of the molecule is CC1CNCCN1C(=O)c1ccc(OC2CCN(Cc3ccccn3)CC2)cc1. The molecule has 3 heterocycles. The summed E-state index contributed by atoms with van der Waals surface area (Å²) in [6.07, 6.45) is 4.09. The van der Waals surface area contributed by atoms with Crippen LogP contribution in [0.2, 0.25) is 0 Å². The molecule has 1 unspecified atom stereocenters. The fourth-order valence-corrected chi connectivity index (χ4v) is 4.08. The van der Waals surface area contributed by atoms with Gasteiger partial charge in [0.05, 0.1) is 5.69 Å². The van der Waals surface area contributed by atoms with Gasteiger partial charge in [0.25, 0.3) is 5.91 Å². The molecule has 1 aromatic carbocycles. The molecule has 29 heavy (non-hydrogen) atoms. The van der Waals surface area contributed by atoms with Crippen molar-refractivity contribution in [1.29, 1.82) is 0 Å². The van der Waals surface area contributed by atoms with E-state index >= 15 is 0 Å². The molecule has 1 N–H and O–H groups in total. The Labute approximate surface area is 172 Å². The molecule has 1 amide bonds. The second-order valence-electron chi connectivity index (χ2n) is 7.99. The number of hydrogen-bond donors (Lipinski definition) is 1. The predicted octanol–water partition coefficient (Wildman–Crippen LogP) is 2.56. The topological polar surface area (TPSA) is 57.7 Å². The third kappa shape index (κ3) is 5.14. The van der Waals surface area contributed by atoms with Crippen LogP contribution in [0.3, 0.4) is 0 Å². The van der Waals surface area contributed by atoms with E-state index < -0.39 is 0 Å². The van der Waals surface area contributed by atoms with Crippen LogP contribution in [0.15, 0.2) is 48.7 Å². The van der Waals surface area contributed by atoms with Gasteiger partial charge in [0.1, 0.15) is 11.9 Å². The van der Waals surface area contributed by atoms with Crippen molar-refractivity contribution in [1.82, 2.24) is 20.1 Å². The maximum atomic E-state index is 12.7. The maximum Gasteiger partial charge on any atom is 0.254 e. The number of carbonyl (C=O) groups excluding carboxylic acids is 1. The number of benzene rings is 1. The molecule has 2 saturated heterocycles. The molecule has 6 heteroatoms. The molecule has 1 aromatic heterocycles. The molecule has 0 spiro atoms. The van der Waals surface area contributed by atoms with Gasteiger partial charge in [-0.05, 0) is 56.2 Å². The molecule has 2 aromatic rings. The van der Waals surface area contributed by atoms with Crippen molar-refractivity contribution in [3.8, 4) is 5.75 Å². The number of aromatic nitrogens is 1. The Balaban J connectivity index is 1.27. The minimum absolute atomic E-state index is 0.105. The smallest absolute Gasteiger partial charge is 0.254 e. The summed E-state index contributed by atoms with van der Waals surface area (Å²) in [6, 6.07) is 13.9. The van der Waals surface area contributed by atoms with E-state index in [-0.39, 0.29) is 18.1 Å². The molecule has 2 aliphatic heterocycles. The Morgan fingerprint density at radius 1 is 1.14 bits per heavy atom. The van der Waals surface area contributed by atoms with Crippen molar-refractivity contribution in [2.45, 2.75) is 38.5 Å². The maximum absolute atomic E-state index is 12.7. The lowest BCUT2D eigenvalue weighted by molar-refractivity contribution is 0.0655. The van der Waals surface area contributed by atoms with Crippen LogP contribution >= 0.6 is 0 Å². The van der Waals surface area contributed by atoms with Crippen LogP contribution in [-0.2, 0) is 6.54 Å². The highest BCUT2D eigenvalue weighted by Crippen LogP contribution is 2.21. The minimum Gasteiger partial charge on any atom is -0.490 e. The summed E-state index contributed by atoms with van der Waals surface area (Å²) in [6.45, 7) is 7.48. The van der Waals surface area contributed by atoms with Crippen molar-refractivity contribution in [2.75, 3.05) is 32.7 Å². The standard InChI is InChI=1S/C23H30N4O2/c1-18-16-24-12-15-27(18)23(28)19-5-7-21(8-6-19)29-22-9-13-26(14-10-22)17-20-4-2-3-11-25-20/h2-8,11,18,22,24H,9-10,12-17H2,1H3. The fraction of sp³-hybridized carbons (Fsp3) is 0.478. The summed E-state index contributed by atoms with van der Waals surface area (Å²) >= 11 is 0. The lowest BCUT2D eigenvalue weighted by Crippen LogP contribution is -2.52. The summed E-state index contributed by atoms with van der Waals surface area (Å²) in [5.41, 5.74) is 1.85. The molecule has 0 aliphatic carbocycles. The molecule has 1 atom stereocenters. The number of ether oxygens (including phenoxy) is 1. The van der Waals surface area contributed by atoms with E-state index in [4.69, 9.17) is 4.74 Å². The van der Waals surface area contributed by atoms with E-state index in [9.17, 15) is 4.79 Å². The van der Waals surface area contributed by atoms with Gasteiger partial charge in [-0.3, -0.25) is 14.7 Å². The average Bonchev–Trinajstić information content (AvgIpc) is 2.76. The number of nitrogens with one attached hydrogen (secondary N) is 1. The largest absolute Gasteiger partial charge is 0.490 e. The van der Waals surface area contributed by atoms with Gasteiger partial charge in [-0.2, -0.15) is 0 Å². The van der Waals surface area contributed by atoms with Gasteiger partial charge in [-0.25, -0.2) is 0 Å². The molecular formula is C23H30N4O2. The molecule has 154 valence electrons. The third-order valence-electron chi connectivity index (χ3n) is 5.81. The number of piperazine rings is 1. The predicted molar refractivity (Wildman–Crippen MR) is 113 cm³/mol. The molecule has 4 rings (SSSR count). The molecular weight excluding hydrogens is 364 g/mol. The van der Waals surface area contributed by atoms with E-state index in [1.54, 1.807) is 0 Å². The monoisotopic (exact) mass is 394 g/mol. The highest BCUT2D eigenvalue weighted by atomic mass is 16.5. The number of nitrogens with zero attached hydrogens (tertiary/aromatic N) is 3. The molecule has 2 aliphatic rings. The lowest BCUT2D eigenvalue weighted by atomic mass is 10.1. The third-order valence-corrected chi connectivity index (χ3v) is 5.81. The van der Waals surface area contributed by atoms with Crippen LogP contribution in [-0.4, -0.2) is 65.6 Å². The van der Waals surface area contributed by atoms with E-state index in [1.807, 2.05) is 47.5 Å². The van der Waals surface area contributed by atoms with Gasteiger partial charge in [-0.15, -0.1) is 0 Å². The Morgan fingerprint density at radius 2 is 1.93 bits per heavy atom. The van der Waals surface area contributed by atoms with E-state index in [1.165, 1.54) is 0 Å².